The molecule has 0 radical (unpaired) electrons. The van der Waals surface area contributed by atoms with Crippen LogP contribution >= 0.6 is 0 Å². The maximum Gasteiger partial charge on any atom is 0.410 e. The van der Waals surface area contributed by atoms with E-state index in [9.17, 15) is 4.79 Å². The Hall–Kier alpha value is -3.35. The second kappa shape index (κ2) is 8.12. The van der Waals surface area contributed by atoms with Gasteiger partial charge >= 0.3 is 6.09 Å². The number of nitrogens with zero attached hydrogens (tertiary/aromatic N) is 5. The van der Waals surface area contributed by atoms with Crippen LogP contribution in [0.3, 0.4) is 0 Å². The van der Waals surface area contributed by atoms with Crippen LogP contribution in [-0.2, 0) is 4.74 Å². The van der Waals surface area contributed by atoms with Gasteiger partial charge in [0.05, 0.1) is 0 Å². The molecule has 0 aliphatic heterocycles. The Kier molecular flexibility index (Phi) is 5.63. The van der Waals surface area contributed by atoms with E-state index in [1.54, 1.807) is 7.05 Å². The highest BCUT2D eigenvalue weighted by Crippen LogP contribution is 2.26. The van der Waals surface area contributed by atoms with Crippen LogP contribution in [0, 0.1) is 0 Å². The fourth-order valence-electron chi connectivity index (χ4n) is 2.67. The van der Waals surface area contributed by atoms with Gasteiger partial charge in [-0.25, -0.2) is 4.79 Å². The molecule has 0 bridgehead atoms. The highest BCUT2D eigenvalue weighted by atomic mass is 16.6. The quantitative estimate of drug-likeness (QED) is 0.686. The molecule has 3 aromatic rings. The number of rotatable bonds is 4. The normalized spacial score (nSPS) is 12.3. The second-order valence-corrected chi connectivity index (χ2v) is 7.35. The third-order valence-corrected chi connectivity index (χ3v) is 3.96. The van der Waals surface area contributed by atoms with Crippen LogP contribution in [0.25, 0.3) is 11.4 Å². The van der Waals surface area contributed by atoms with Crippen LogP contribution in [-0.4, -0.2) is 44.0 Å². The summed E-state index contributed by atoms with van der Waals surface area (Å²) in [5.41, 5.74) is 1.05. The van der Waals surface area contributed by atoms with Gasteiger partial charge in [-0.05, 0) is 26.3 Å². The summed E-state index contributed by atoms with van der Waals surface area (Å²) in [4.78, 5) is 14.1. The third-order valence-electron chi connectivity index (χ3n) is 3.96. The zero-order valence-corrected chi connectivity index (χ0v) is 16.4. The van der Waals surface area contributed by atoms with E-state index in [2.05, 4.69) is 20.4 Å². The topological polar surface area (TPSA) is 81.1 Å². The Balaban J connectivity index is 1.94. The monoisotopic (exact) mass is 377 g/mol. The van der Waals surface area contributed by atoms with Crippen LogP contribution in [0.2, 0.25) is 0 Å². The molecular weight excluding hydrogens is 354 g/mol. The summed E-state index contributed by atoms with van der Waals surface area (Å²) in [6.45, 7) is 5.47. The minimum atomic E-state index is -0.610. The predicted octanol–water partition coefficient (Wildman–Crippen LogP) is 3.89. The van der Waals surface area contributed by atoms with Crippen molar-refractivity contribution in [3.63, 3.8) is 0 Å². The Bertz CT molecular complexity index is 909. The van der Waals surface area contributed by atoms with Crippen molar-refractivity contribution in [3.05, 3.63) is 72.1 Å². The van der Waals surface area contributed by atoms with Crippen molar-refractivity contribution >= 4 is 6.09 Å². The number of amides is 1. The number of aromatic nitrogens is 4. The highest BCUT2D eigenvalue weighted by Gasteiger charge is 2.30. The first-order valence-corrected chi connectivity index (χ1v) is 8.98. The zero-order valence-electron chi connectivity index (χ0n) is 16.4. The summed E-state index contributed by atoms with van der Waals surface area (Å²) in [5, 5.41) is 16.9. The first kappa shape index (κ1) is 19.4. The van der Waals surface area contributed by atoms with Crippen LogP contribution in [0.5, 0.6) is 0 Å². The van der Waals surface area contributed by atoms with Gasteiger partial charge in [0.15, 0.2) is 0 Å². The lowest BCUT2D eigenvalue weighted by molar-refractivity contribution is 0.0241. The SMILES string of the molecule is CN(C(=O)OC(C)(C)C)C(c1ccccc1)c1nnc(-c2ccccc2)nn1. The summed E-state index contributed by atoms with van der Waals surface area (Å²) < 4.78 is 5.51. The molecule has 144 valence electrons. The molecule has 0 fully saturated rings. The molecule has 7 heteroatoms. The summed E-state index contributed by atoms with van der Waals surface area (Å²) in [5.74, 6) is 0.746. The molecule has 0 saturated carbocycles. The summed E-state index contributed by atoms with van der Waals surface area (Å²) in [7, 11) is 1.65. The van der Waals surface area contributed by atoms with Gasteiger partial charge in [0, 0.05) is 12.6 Å². The highest BCUT2D eigenvalue weighted by molar-refractivity contribution is 5.69. The number of hydrogen-bond acceptors (Lipinski definition) is 6. The van der Waals surface area contributed by atoms with E-state index in [0.717, 1.165) is 11.1 Å². The molecule has 28 heavy (non-hydrogen) atoms. The van der Waals surface area contributed by atoms with Crippen LogP contribution in [0.1, 0.15) is 38.2 Å². The molecule has 1 aromatic heterocycles. The average molecular weight is 377 g/mol. The first-order valence-electron chi connectivity index (χ1n) is 8.98. The second-order valence-electron chi connectivity index (χ2n) is 7.35. The van der Waals surface area contributed by atoms with Gasteiger partial charge < -0.3 is 4.74 Å². The number of ether oxygens (including phenoxy) is 1. The van der Waals surface area contributed by atoms with Crippen molar-refractivity contribution in [2.45, 2.75) is 32.4 Å². The first-order chi connectivity index (χ1) is 13.3. The molecule has 1 atom stereocenters. The average Bonchev–Trinajstić information content (AvgIpc) is 2.69. The van der Waals surface area contributed by atoms with Crippen molar-refractivity contribution in [3.8, 4) is 11.4 Å². The molecule has 1 amide bonds. The molecule has 0 spiro atoms. The fraction of sp³-hybridized carbons (Fsp3) is 0.286. The Labute approximate surface area is 164 Å². The van der Waals surface area contributed by atoms with Gasteiger partial charge in [-0.3, -0.25) is 4.90 Å². The number of carbonyl (C=O) groups is 1. The van der Waals surface area contributed by atoms with Crippen LogP contribution in [0.4, 0.5) is 4.79 Å². The van der Waals surface area contributed by atoms with Crippen molar-refractivity contribution in [2.24, 2.45) is 0 Å². The van der Waals surface area contributed by atoms with Crippen LogP contribution < -0.4 is 0 Å². The third kappa shape index (κ3) is 4.68. The summed E-state index contributed by atoms with van der Waals surface area (Å²) in [6.07, 6.45) is -0.475. The fourth-order valence-corrected chi connectivity index (χ4v) is 2.67. The largest absolute Gasteiger partial charge is 0.444 e. The van der Waals surface area contributed by atoms with E-state index >= 15 is 0 Å². The van der Waals surface area contributed by atoms with E-state index in [4.69, 9.17) is 4.74 Å². The van der Waals surface area contributed by atoms with E-state index < -0.39 is 17.7 Å². The minimum absolute atomic E-state index is 0.319. The molecule has 0 aliphatic carbocycles. The molecule has 1 unspecified atom stereocenters. The van der Waals surface area contributed by atoms with Crippen molar-refractivity contribution < 1.29 is 9.53 Å². The van der Waals surface area contributed by atoms with Gasteiger partial charge in [-0.1, -0.05) is 60.7 Å². The lowest BCUT2D eigenvalue weighted by Gasteiger charge is -2.29. The van der Waals surface area contributed by atoms with E-state index in [0.29, 0.717) is 11.6 Å². The van der Waals surface area contributed by atoms with E-state index in [-0.39, 0.29) is 0 Å². The molecule has 0 N–H and O–H groups in total. The Morgan fingerprint density at radius 3 is 1.96 bits per heavy atom. The van der Waals surface area contributed by atoms with Gasteiger partial charge in [0.25, 0.3) is 0 Å². The predicted molar refractivity (Wildman–Crippen MR) is 105 cm³/mol. The van der Waals surface area contributed by atoms with Crippen molar-refractivity contribution in [2.75, 3.05) is 7.05 Å². The van der Waals surface area contributed by atoms with Gasteiger partial charge in [-0.2, -0.15) is 0 Å². The number of benzene rings is 2. The lowest BCUT2D eigenvalue weighted by atomic mass is 10.1. The summed E-state index contributed by atoms with van der Waals surface area (Å²) in [6, 6.07) is 18.4. The van der Waals surface area contributed by atoms with Crippen molar-refractivity contribution in [1.82, 2.24) is 25.3 Å². The van der Waals surface area contributed by atoms with E-state index in [1.807, 2.05) is 81.4 Å². The Morgan fingerprint density at radius 1 is 0.893 bits per heavy atom. The molecule has 0 aliphatic rings. The van der Waals surface area contributed by atoms with Gasteiger partial charge in [0.2, 0.25) is 11.6 Å². The zero-order chi connectivity index (χ0) is 20.1. The summed E-state index contributed by atoms with van der Waals surface area (Å²) >= 11 is 0. The molecular formula is C21H23N5O2. The standard InChI is InChI=1S/C21H23N5O2/c1-21(2,3)28-20(27)26(4)17(15-11-7-5-8-12-15)19-24-22-18(23-25-19)16-13-9-6-10-14-16/h5-14,17H,1-4H3. The van der Waals surface area contributed by atoms with Crippen molar-refractivity contribution in [1.29, 1.82) is 0 Å². The van der Waals surface area contributed by atoms with Gasteiger partial charge in [-0.15, -0.1) is 20.4 Å². The maximum absolute atomic E-state index is 12.6. The van der Waals surface area contributed by atoms with E-state index in [1.165, 1.54) is 4.90 Å². The Morgan fingerprint density at radius 2 is 1.43 bits per heavy atom. The minimum Gasteiger partial charge on any atom is -0.444 e. The number of hydrogen-bond donors (Lipinski definition) is 0. The smallest absolute Gasteiger partial charge is 0.410 e. The lowest BCUT2D eigenvalue weighted by Crippen LogP contribution is -2.38. The van der Waals surface area contributed by atoms with Gasteiger partial charge in [0.1, 0.15) is 11.6 Å². The molecule has 2 aromatic carbocycles. The molecule has 7 nitrogen and oxygen atoms in total. The van der Waals surface area contributed by atoms with Crippen LogP contribution in [0.15, 0.2) is 60.7 Å². The number of carbonyl (C=O) groups excluding carboxylic acids is 1. The molecule has 0 saturated heterocycles. The maximum atomic E-state index is 12.6. The molecule has 1 heterocycles. The molecule has 3 rings (SSSR count).